The molecule has 0 radical (unpaired) electrons. The van der Waals surface area contributed by atoms with Gasteiger partial charge < -0.3 is 29.7 Å². The first-order valence-corrected chi connectivity index (χ1v) is 21.1. The normalized spacial score (nSPS) is 12.6. The van der Waals surface area contributed by atoms with Crippen molar-refractivity contribution in [2.45, 2.75) is 6.18 Å². The second-order valence-electron chi connectivity index (χ2n) is 15.1. The van der Waals surface area contributed by atoms with Crippen LogP contribution in [0.3, 0.4) is 0 Å². The molecule has 70 heavy (non-hydrogen) atoms. The lowest BCUT2D eigenvalue weighted by molar-refractivity contribution is -0.137. The Hall–Kier alpha value is -8.74. The van der Waals surface area contributed by atoms with E-state index >= 15 is 8.78 Å². The molecule has 4 amide bonds. The Morgan fingerprint density at radius 2 is 1.27 bits per heavy atom. The minimum atomic E-state index is -5.08. The van der Waals surface area contributed by atoms with E-state index in [1.807, 2.05) is 11.0 Å². The number of alkyl halides is 3. The number of anilines is 5. The standard InChI is InChI=1S/C48H31ClF6N10O5/c49-36-9-5-31(20-35(36)48(53,54)55)64(47(67)61-29-4-12-43(37(51)19-29)69-33-7-10-39-41(22-33)59-30(24-56)25-57-39)65(46(66)60-28-3-1-2-27(50)18-28)32-6-13-44(38(52)21-32)70-34-8-11-40-42(23-34)62-45(26-58-40)63-14-16-68-17-15-63/h1-13,18-23,25-26H,14-17H2,(H,60,66)(H,61,67). The number of aromatic nitrogens is 4. The molecule has 22 heteroatoms. The number of rotatable bonds is 9. The van der Waals surface area contributed by atoms with E-state index in [0.717, 1.165) is 54.6 Å². The molecule has 1 aliphatic heterocycles. The number of nitrogens with one attached hydrogen (secondary N) is 2. The third-order valence-corrected chi connectivity index (χ3v) is 10.8. The zero-order chi connectivity index (χ0) is 49.1. The summed E-state index contributed by atoms with van der Waals surface area (Å²) in [6.45, 7) is 2.23. The van der Waals surface area contributed by atoms with Crippen LogP contribution in [0.4, 0.5) is 64.5 Å². The summed E-state index contributed by atoms with van der Waals surface area (Å²) in [5.74, 6) is -2.80. The Morgan fingerprint density at radius 1 is 0.686 bits per heavy atom. The smallest absolute Gasteiger partial charge is 0.417 e. The molecule has 1 saturated heterocycles. The van der Waals surface area contributed by atoms with Crippen molar-refractivity contribution in [3.63, 3.8) is 0 Å². The van der Waals surface area contributed by atoms with E-state index in [1.165, 1.54) is 54.7 Å². The average molecular weight is 977 g/mol. The topological polar surface area (TPSA) is 171 Å². The van der Waals surface area contributed by atoms with Crippen molar-refractivity contribution in [3.8, 4) is 29.1 Å². The lowest BCUT2D eigenvalue weighted by Crippen LogP contribution is -2.54. The van der Waals surface area contributed by atoms with Crippen molar-refractivity contribution < 1.29 is 50.1 Å². The predicted molar refractivity (Wildman–Crippen MR) is 246 cm³/mol. The van der Waals surface area contributed by atoms with Crippen LogP contribution in [-0.4, -0.2) is 58.3 Å². The minimum Gasteiger partial charge on any atom is -0.454 e. The van der Waals surface area contributed by atoms with Gasteiger partial charge in [-0.05, 0) is 84.9 Å². The second kappa shape index (κ2) is 19.5. The fourth-order valence-electron chi connectivity index (χ4n) is 7.15. The summed E-state index contributed by atoms with van der Waals surface area (Å²) in [6.07, 6.45) is -2.17. The molecule has 352 valence electrons. The first-order valence-electron chi connectivity index (χ1n) is 20.7. The summed E-state index contributed by atoms with van der Waals surface area (Å²) >= 11 is 5.97. The molecule has 1 aliphatic rings. The Kier molecular flexibility index (Phi) is 12.9. The van der Waals surface area contributed by atoms with Crippen LogP contribution in [0, 0.1) is 28.8 Å². The molecule has 3 heterocycles. The average Bonchev–Trinajstić information content (AvgIpc) is 3.34. The number of hydrogen-bond acceptors (Lipinski definition) is 11. The zero-order valence-corrected chi connectivity index (χ0v) is 36.5. The van der Waals surface area contributed by atoms with Gasteiger partial charge in [0.15, 0.2) is 28.8 Å². The SMILES string of the molecule is N#Cc1cnc2ccc(Oc3ccc(NC(=O)N(c4ccc(Cl)c(C(F)(F)F)c4)N(C(=O)Nc4cccc(F)c4)c4ccc(Oc5ccc6ncc(N7CCOCC7)nc6c5)c(F)c4)cc3F)cc2n1. The molecule has 8 aromatic rings. The van der Waals surface area contributed by atoms with Crippen LogP contribution < -0.4 is 35.0 Å². The van der Waals surface area contributed by atoms with Crippen LogP contribution >= 0.6 is 11.6 Å². The molecule has 15 nitrogen and oxygen atoms in total. The molecule has 1 fully saturated rings. The molecule has 0 saturated carbocycles. The highest BCUT2D eigenvalue weighted by molar-refractivity contribution is 6.31. The first kappa shape index (κ1) is 46.4. The maximum atomic E-state index is 16.4. The second-order valence-corrected chi connectivity index (χ2v) is 15.5. The van der Waals surface area contributed by atoms with E-state index in [9.17, 15) is 32.4 Å². The maximum absolute atomic E-state index is 16.4. The third-order valence-electron chi connectivity index (χ3n) is 10.4. The number of carbonyl (C=O) groups is 2. The van der Waals surface area contributed by atoms with E-state index in [4.69, 9.17) is 25.8 Å². The molecule has 6 aromatic carbocycles. The van der Waals surface area contributed by atoms with Gasteiger partial charge in [-0.3, -0.25) is 9.97 Å². The molecular weight excluding hydrogens is 946 g/mol. The van der Waals surface area contributed by atoms with Gasteiger partial charge in [0.25, 0.3) is 0 Å². The first-order chi connectivity index (χ1) is 33.7. The molecule has 2 N–H and O–H groups in total. The number of fused-ring (bicyclic) bond motifs is 2. The highest BCUT2D eigenvalue weighted by atomic mass is 35.5. The molecule has 2 aromatic heterocycles. The number of hydrogen-bond donors (Lipinski definition) is 2. The summed E-state index contributed by atoms with van der Waals surface area (Å²) in [5, 5.41) is 14.1. The van der Waals surface area contributed by atoms with E-state index in [2.05, 4.69) is 30.6 Å². The highest BCUT2D eigenvalue weighted by Crippen LogP contribution is 2.39. The van der Waals surface area contributed by atoms with Crippen molar-refractivity contribution in [2.75, 3.05) is 51.9 Å². The van der Waals surface area contributed by atoms with Gasteiger partial charge in [-0.25, -0.2) is 32.7 Å². The van der Waals surface area contributed by atoms with Crippen LogP contribution in [0.25, 0.3) is 22.1 Å². The third kappa shape index (κ3) is 10.2. The molecular formula is C48H31ClF6N10O5. The van der Waals surface area contributed by atoms with Gasteiger partial charge in [0.1, 0.15) is 29.2 Å². The number of morpholine rings is 1. The monoisotopic (exact) mass is 976 g/mol. The number of carbonyl (C=O) groups excluding carboxylic acids is 2. The number of nitriles is 1. The van der Waals surface area contributed by atoms with Crippen molar-refractivity contribution in [1.82, 2.24) is 19.9 Å². The van der Waals surface area contributed by atoms with Crippen molar-refractivity contribution >= 4 is 74.3 Å². The number of amides is 4. The Labute approximate surface area is 397 Å². The van der Waals surface area contributed by atoms with Gasteiger partial charge in [0.2, 0.25) is 0 Å². The fourth-order valence-corrected chi connectivity index (χ4v) is 7.37. The van der Waals surface area contributed by atoms with Crippen molar-refractivity contribution in [1.29, 1.82) is 5.26 Å². The molecule has 0 atom stereocenters. The van der Waals surface area contributed by atoms with E-state index < -0.39 is 57.7 Å². The van der Waals surface area contributed by atoms with Crippen LogP contribution in [-0.2, 0) is 10.9 Å². The molecule has 0 aliphatic carbocycles. The van der Waals surface area contributed by atoms with Gasteiger partial charge in [-0.15, -0.1) is 0 Å². The van der Waals surface area contributed by atoms with Gasteiger partial charge in [-0.2, -0.15) is 28.5 Å². The van der Waals surface area contributed by atoms with Crippen molar-refractivity contribution in [2.24, 2.45) is 0 Å². The van der Waals surface area contributed by atoms with E-state index in [-0.39, 0.29) is 45.6 Å². The van der Waals surface area contributed by atoms with Crippen LogP contribution in [0.5, 0.6) is 23.0 Å². The van der Waals surface area contributed by atoms with Crippen LogP contribution in [0.15, 0.2) is 128 Å². The van der Waals surface area contributed by atoms with E-state index in [1.54, 1.807) is 12.3 Å². The number of halogens is 7. The lowest BCUT2D eigenvalue weighted by atomic mass is 10.2. The lowest BCUT2D eigenvalue weighted by Gasteiger charge is -2.35. The van der Waals surface area contributed by atoms with Crippen LogP contribution in [0.1, 0.15) is 11.3 Å². The zero-order valence-electron chi connectivity index (χ0n) is 35.7. The summed E-state index contributed by atoms with van der Waals surface area (Å²) in [5.41, 5.74) is -1.28. The van der Waals surface area contributed by atoms with Gasteiger partial charge in [-0.1, -0.05) is 17.7 Å². The number of nitrogens with zero attached hydrogens (tertiary/aromatic N) is 8. The summed E-state index contributed by atoms with van der Waals surface area (Å²) in [6, 6.07) is 21.2. The molecule has 0 bridgehead atoms. The number of ether oxygens (including phenoxy) is 3. The maximum Gasteiger partial charge on any atom is 0.417 e. The van der Waals surface area contributed by atoms with Gasteiger partial charge >= 0.3 is 18.2 Å². The quantitative estimate of drug-likeness (QED) is 0.104. The van der Waals surface area contributed by atoms with Crippen molar-refractivity contribution in [3.05, 3.63) is 161 Å². The number of urea groups is 2. The van der Waals surface area contributed by atoms with E-state index in [0.29, 0.717) is 64.8 Å². The predicted octanol–water partition coefficient (Wildman–Crippen LogP) is 11.6. The summed E-state index contributed by atoms with van der Waals surface area (Å²) in [7, 11) is 0. The molecule has 0 unspecified atom stereocenters. The number of hydrazine groups is 1. The Morgan fingerprint density at radius 3 is 1.89 bits per heavy atom. The van der Waals surface area contributed by atoms with Gasteiger partial charge in [0, 0.05) is 48.7 Å². The minimum absolute atomic E-state index is 0.0333. The Balaban J connectivity index is 1.07. The summed E-state index contributed by atoms with van der Waals surface area (Å²) < 4.78 is 107. The number of benzene rings is 6. The molecule has 9 rings (SSSR count). The Bertz CT molecular complexity index is 3380. The van der Waals surface area contributed by atoms with Gasteiger partial charge in [0.05, 0.1) is 69.6 Å². The fraction of sp³-hybridized carbons (Fsp3) is 0.104. The summed E-state index contributed by atoms with van der Waals surface area (Å²) in [4.78, 5) is 48.4. The highest BCUT2D eigenvalue weighted by Gasteiger charge is 2.37. The molecule has 0 spiro atoms. The largest absolute Gasteiger partial charge is 0.454 e. The van der Waals surface area contributed by atoms with Crippen LogP contribution in [0.2, 0.25) is 5.02 Å².